The number of nitrogens with one attached hydrogen (secondary N) is 2. The summed E-state index contributed by atoms with van der Waals surface area (Å²) in [5, 5.41) is -0.444. The van der Waals surface area contributed by atoms with Crippen LogP contribution < -0.4 is 10.6 Å². The van der Waals surface area contributed by atoms with Crippen molar-refractivity contribution in [1.82, 2.24) is 15.5 Å². The van der Waals surface area contributed by atoms with Crippen molar-refractivity contribution in [2.24, 2.45) is 5.92 Å². The van der Waals surface area contributed by atoms with Crippen LogP contribution in [-0.2, 0) is 4.79 Å². The van der Waals surface area contributed by atoms with Crippen molar-refractivity contribution >= 4 is 86.2 Å². The number of hydrogen-bond donors (Lipinski definition) is 2. The third-order valence-electron chi connectivity index (χ3n) is 6.21. The number of carbonyl (C=O) groups excluding carboxylic acids is 2. The fraction of sp³-hybridized carbons (Fsp3) is 0.579. The van der Waals surface area contributed by atoms with Gasteiger partial charge in [0.05, 0.1) is 69.3 Å². The molecule has 1 aromatic rings. The minimum absolute atomic E-state index is 0.00555. The van der Waals surface area contributed by atoms with Crippen molar-refractivity contribution in [3.8, 4) is 0 Å². The Kier molecular flexibility index (Phi) is 8.95. The second kappa shape index (κ2) is 10.5. The first-order valence-corrected chi connectivity index (χ1v) is 10.9. The number of nitrogens with zero attached hydrogens (tertiary/aromatic N) is 1. The molecule has 0 aromatic heterocycles. The summed E-state index contributed by atoms with van der Waals surface area (Å²) >= 11 is 5.80. The largest absolute Gasteiger partial charge is 0.363 e. The molecule has 16 radical (unpaired) electrons. The number of likely N-dealkylation sites (tertiary alicyclic amines) is 1. The van der Waals surface area contributed by atoms with Gasteiger partial charge in [-0.15, -0.1) is 10.2 Å². The van der Waals surface area contributed by atoms with E-state index >= 15 is 0 Å². The molecule has 0 spiro atoms. The van der Waals surface area contributed by atoms with Gasteiger partial charge in [-0.2, -0.15) is 0 Å². The normalized spacial score (nSPS) is 16.7. The molecule has 1 aromatic carbocycles. The molecule has 1 heterocycles. The first kappa shape index (κ1) is 29.1. The highest BCUT2D eigenvalue weighted by Gasteiger charge is 2.45. The van der Waals surface area contributed by atoms with Gasteiger partial charge in [0.2, 0.25) is 5.91 Å². The summed E-state index contributed by atoms with van der Waals surface area (Å²) in [5.74, 6) is -2.14. The molecule has 0 unspecified atom stereocenters. The van der Waals surface area contributed by atoms with Crippen LogP contribution in [0, 0.1) is 11.7 Å². The van der Waals surface area contributed by atoms with Crippen LogP contribution in [0.25, 0.3) is 0 Å². The number of amides is 2. The van der Waals surface area contributed by atoms with E-state index in [1.807, 2.05) is 4.90 Å². The third kappa shape index (κ3) is 6.96. The van der Waals surface area contributed by atoms with Crippen LogP contribution in [0.5, 0.6) is 0 Å². The Balaban J connectivity index is 1.95. The van der Waals surface area contributed by atoms with E-state index in [0.29, 0.717) is 25.9 Å². The molecule has 34 heavy (non-hydrogen) atoms. The van der Waals surface area contributed by atoms with Crippen molar-refractivity contribution in [2.45, 2.75) is 40.9 Å². The molecule has 2 amide bonds. The molecular weight excluding hydrogens is 443 g/mol. The van der Waals surface area contributed by atoms with Crippen LogP contribution in [0.3, 0.4) is 0 Å². The quantitative estimate of drug-likeness (QED) is 0.485. The lowest BCUT2D eigenvalue weighted by atomic mass is 9.22. The van der Waals surface area contributed by atoms with Crippen LogP contribution in [0.15, 0.2) is 18.2 Å². The van der Waals surface area contributed by atoms with Gasteiger partial charge in [0, 0.05) is 16.1 Å². The molecule has 160 valence electrons. The topological polar surface area (TPSA) is 61.4 Å². The molecule has 15 heteroatoms. The van der Waals surface area contributed by atoms with Crippen molar-refractivity contribution < 1.29 is 14.0 Å². The van der Waals surface area contributed by atoms with E-state index in [1.165, 1.54) is 13.0 Å². The fourth-order valence-electron chi connectivity index (χ4n) is 3.74. The van der Waals surface area contributed by atoms with Crippen molar-refractivity contribution in [2.75, 3.05) is 19.6 Å². The summed E-state index contributed by atoms with van der Waals surface area (Å²) in [6.45, 7) is 2.17. The number of rotatable bonds is 8. The van der Waals surface area contributed by atoms with Crippen LogP contribution in [-0.4, -0.2) is 110 Å². The standard InChI is InChI=1S/C19H19B8ClFN3O2/c1-16(18(22,23)24,19(25,26)27)30-14(33)9-32-4-2-11(3-5-32)17(20,21)31-15(34)10-6-12(28)8-13(29)7-10/h6-8,11H,2-5,9H2,1H3,(H,30,33)(H,31,34). The Hall–Kier alpha value is -1.14. The molecule has 2 rings (SSSR count). The highest BCUT2D eigenvalue weighted by Crippen LogP contribution is 2.42. The summed E-state index contributed by atoms with van der Waals surface area (Å²) in [5.41, 5.74) is -1.74. The summed E-state index contributed by atoms with van der Waals surface area (Å²) in [6.07, 6.45) is 0.926. The second-order valence-corrected chi connectivity index (χ2v) is 9.57. The number of piperidine rings is 1. The Morgan fingerprint density at radius 3 is 2.00 bits per heavy atom. The molecule has 0 bridgehead atoms. The van der Waals surface area contributed by atoms with Gasteiger partial charge in [-0.25, -0.2) is 4.39 Å². The maximum atomic E-state index is 13.5. The monoisotopic (exact) mass is 463 g/mol. The molecule has 1 aliphatic heterocycles. The van der Waals surface area contributed by atoms with Gasteiger partial charge in [0.1, 0.15) is 5.82 Å². The van der Waals surface area contributed by atoms with Crippen LogP contribution in [0.2, 0.25) is 15.2 Å². The van der Waals surface area contributed by atoms with Crippen LogP contribution >= 0.6 is 11.6 Å². The first-order valence-electron chi connectivity index (χ1n) is 10.5. The zero-order valence-electron chi connectivity index (χ0n) is 19.0. The highest BCUT2D eigenvalue weighted by atomic mass is 35.5. The van der Waals surface area contributed by atoms with Gasteiger partial charge in [-0.05, 0) is 62.3 Å². The number of carbonyl (C=O) groups is 2. The van der Waals surface area contributed by atoms with E-state index in [-0.39, 0.29) is 23.0 Å². The molecule has 1 fully saturated rings. The van der Waals surface area contributed by atoms with Gasteiger partial charge >= 0.3 is 0 Å². The second-order valence-electron chi connectivity index (χ2n) is 9.13. The van der Waals surface area contributed by atoms with Crippen molar-refractivity contribution in [3.63, 3.8) is 0 Å². The average molecular weight is 462 g/mol. The molecule has 1 saturated heterocycles. The van der Waals surface area contributed by atoms with Crippen molar-refractivity contribution in [3.05, 3.63) is 34.6 Å². The predicted molar refractivity (Wildman–Crippen MR) is 139 cm³/mol. The summed E-state index contributed by atoms with van der Waals surface area (Å²) in [6, 6.07) is 3.42. The lowest BCUT2D eigenvalue weighted by molar-refractivity contribution is -0.124. The van der Waals surface area contributed by atoms with E-state index in [2.05, 4.69) is 10.6 Å². The van der Waals surface area contributed by atoms with Gasteiger partial charge < -0.3 is 10.6 Å². The van der Waals surface area contributed by atoms with Gasteiger partial charge in [-0.1, -0.05) is 11.6 Å². The fourth-order valence-corrected chi connectivity index (χ4v) is 3.96. The zero-order chi connectivity index (χ0) is 26.1. The number of halogens is 2. The van der Waals surface area contributed by atoms with Gasteiger partial charge in [0.25, 0.3) is 5.91 Å². The van der Waals surface area contributed by atoms with E-state index in [9.17, 15) is 14.0 Å². The summed E-state index contributed by atoms with van der Waals surface area (Å²) in [4.78, 5) is 26.9. The van der Waals surface area contributed by atoms with Gasteiger partial charge in [-0.3, -0.25) is 14.5 Å². The Bertz CT molecular complexity index is 884. The van der Waals surface area contributed by atoms with E-state index in [1.54, 1.807) is 0 Å². The molecule has 0 aliphatic carbocycles. The average Bonchev–Trinajstić information content (AvgIpc) is 2.65. The van der Waals surface area contributed by atoms with E-state index in [0.717, 1.165) is 12.1 Å². The number of benzene rings is 1. The molecule has 2 N–H and O–H groups in total. The van der Waals surface area contributed by atoms with Crippen LogP contribution in [0.4, 0.5) is 4.39 Å². The smallest absolute Gasteiger partial charge is 0.250 e. The Labute approximate surface area is 216 Å². The minimum Gasteiger partial charge on any atom is -0.363 e. The lowest BCUT2D eigenvalue weighted by Gasteiger charge is -2.55. The maximum Gasteiger partial charge on any atom is 0.250 e. The summed E-state index contributed by atoms with van der Waals surface area (Å²) in [7, 11) is 46.8. The Morgan fingerprint density at radius 2 is 1.53 bits per heavy atom. The molecule has 1 aliphatic rings. The molecule has 5 nitrogen and oxygen atoms in total. The number of hydrogen-bond acceptors (Lipinski definition) is 3. The zero-order valence-corrected chi connectivity index (χ0v) is 19.7. The minimum atomic E-state index is -2.00. The summed E-state index contributed by atoms with van der Waals surface area (Å²) < 4.78 is 13.5. The molecule has 0 atom stereocenters. The Morgan fingerprint density at radius 1 is 1.00 bits per heavy atom. The lowest BCUT2D eigenvalue weighted by Crippen LogP contribution is -2.64. The third-order valence-corrected chi connectivity index (χ3v) is 6.42. The SMILES string of the molecule is [B]C([B])(NC(=O)c1cc(F)cc(Cl)c1)C1CCN(CC(=O)NC(C)(C([B])([B])[B])C([B])([B])[B])CC1. The predicted octanol–water partition coefficient (Wildman–Crippen LogP) is -1.05. The maximum absolute atomic E-state index is 13.5. The molecular formula is C19H19B8ClFN3O2. The molecule has 0 saturated carbocycles. The highest BCUT2D eigenvalue weighted by molar-refractivity contribution is 6.65. The van der Waals surface area contributed by atoms with E-state index < -0.39 is 38.7 Å². The van der Waals surface area contributed by atoms with E-state index in [4.69, 9.17) is 74.4 Å². The van der Waals surface area contributed by atoms with Crippen LogP contribution in [0.1, 0.15) is 30.1 Å². The van der Waals surface area contributed by atoms with Gasteiger partial charge in [0.15, 0.2) is 0 Å². The van der Waals surface area contributed by atoms with Crippen molar-refractivity contribution in [1.29, 1.82) is 0 Å². The first-order chi connectivity index (χ1) is 15.4.